The van der Waals surface area contributed by atoms with Gasteiger partial charge in [0.15, 0.2) is 0 Å². The highest BCUT2D eigenvalue weighted by molar-refractivity contribution is 7.46. The average Bonchev–Trinajstić information content (AvgIpc) is 2.29. The van der Waals surface area contributed by atoms with E-state index in [4.69, 9.17) is 20.0 Å². The molecule has 1 aliphatic rings. The summed E-state index contributed by atoms with van der Waals surface area (Å²) in [6.45, 7) is -1.06. The van der Waals surface area contributed by atoms with E-state index in [1.54, 1.807) is 0 Å². The molecule has 0 spiro atoms. The Hall–Kier alpha value is -0.0900. The summed E-state index contributed by atoms with van der Waals surface area (Å²) in [6, 6.07) is 0. The van der Waals surface area contributed by atoms with Crippen LogP contribution in [0.4, 0.5) is 0 Å². The zero-order valence-electron chi connectivity index (χ0n) is 7.29. The fourth-order valence-electron chi connectivity index (χ4n) is 1.11. The maximum atomic E-state index is 10.4. The molecule has 90 valence electrons. The number of hydrogen-bond acceptors (Lipinski definition) is 7. The number of phosphoric acid groups is 1. The summed E-state index contributed by atoms with van der Waals surface area (Å²) < 4.78 is 18.7. The minimum Gasteiger partial charge on any atom is -0.391 e. The van der Waals surface area contributed by atoms with Gasteiger partial charge in [-0.25, -0.2) is 4.57 Å². The van der Waals surface area contributed by atoms with Crippen molar-refractivity contribution in [1.82, 2.24) is 0 Å². The second-order valence-electron chi connectivity index (χ2n) is 3.02. The predicted molar refractivity (Wildman–Crippen MR) is 42.1 cm³/mol. The van der Waals surface area contributed by atoms with Gasteiger partial charge in [-0.1, -0.05) is 0 Å². The molecule has 2 unspecified atom stereocenters. The Labute approximate surface area is 83.7 Å². The van der Waals surface area contributed by atoms with E-state index in [0.29, 0.717) is 0 Å². The van der Waals surface area contributed by atoms with E-state index in [1.807, 2.05) is 0 Å². The first-order valence-electron chi connectivity index (χ1n) is 3.81. The molecule has 1 fully saturated rings. The Morgan fingerprint density at radius 3 is 2.27 bits per heavy atom. The quantitative estimate of drug-likeness (QED) is 0.283. The number of hydrogen-bond donors (Lipinski definition) is 6. The van der Waals surface area contributed by atoms with Crippen molar-refractivity contribution in [2.75, 3.05) is 6.61 Å². The number of rotatable bonds is 3. The van der Waals surface area contributed by atoms with Gasteiger partial charge in [-0.05, 0) is 0 Å². The van der Waals surface area contributed by atoms with Gasteiger partial charge in [0, 0.05) is 0 Å². The van der Waals surface area contributed by atoms with E-state index in [9.17, 15) is 14.8 Å². The Morgan fingerprint density at radius 1 is 1.40 bits per heavy atom. The van der Waals surface area contributed by atoms with Crippen LogP contribution in [0.2, 0.25) is 0 Å². The zero-order chi connectivity index (χ0) is 11.9. The highest BCUT2D eigenvalue weighted by Crippen LogP contribution is 2.42. The summed E-state index contributed by atoms with van der Waals surface area (Å²) >= 11 is 0. The maximum Gasteiger partial charge on any atom is 0.472 e. The summed E-state index contributed by atoms with van der Waals surface area (Å²) in [4.78, 5) is 16.8. The van der Waals surface area contributed by atoms with Crippen molar-refractivity contribution < 1.29 is 44.0 Å². The van der Waals surface area contributed by atoms with Gasteiger partial charge in [0.05, 0.1) is 6.61 Å². The normalized spacial score (nSPS) is 42.1. The van der Waals surface area contributed by atoms with Crippen molar-refractivity contribution in [3.63, 3.8) is 0 Å². The standard InChI is InChI=1S/C5H11O9P/c6-1-5(9)3(8)2(7)4(13-5)14-15(10,11)12/h2-4,6-9H,1H2,(H2,10,11,12)/t2-,3-,4?,5?/m1/s1. The van der Waals surface area contributed by atoms with Gasteiger partial charge in [-0.15, -0.1) is 0 Å². The van der Waals surface area contributed by atoms with E-state index in [-0.39, 0.29) is 0 Å². The van der Waals surface area contributed by atoms with Crippen LogP contribution in [0.3, 0.4) is 0 Å². The minimum atomic E-state index is -4.93. The highest BCUT2D eigenvalue weighted by Gasteiger charge is 2.55. The third kappa shape index (κ3) is 2.72. The third-order valence-corrected chi connectivity index (χ3v) is 2.33. The third-order valence-electron chi connectivity index (χ3n) is 1.85. The molecule has 0 radical (unpaired) electrons. The Bertz CT molecular complexity index is 276. The lowest BCUT2D eigenvalue weighted by Crippen LogP contribution is -2.46. The van der Waals surface area contributed by atoms with Gasteiger partial charge in [-0.2, -0.15) is 0 Å². The predicted octanol–water partition coefficient (Wildman–Crippen LogP) is -3.15. The molecule has 1 heterocycles. The van der Waals surface area contributed by atoms with E-state index >= 15 is 0 Å². The van der Waals surface area contributed by atoms with Crippen LogP contribution in [0.25, 0.3) is 0 Å². The molecule has 0 aromatic heterocycles. The summed E-state index contributed by atoms with van der Waals surface area (Å²) in [5.74, 6) is -2.50. The van der Waals surface area contributed by atoms with Crippen LogP contribution in [-0.2, 0) is 13.8 Å². The fraction of sp³-hybridized carbons (Fsp3) is 1.00. The monoisotopic (exact) mass is 246 g/mol. The summed E-state index contributed by atoms with van der Waals surface area (Å²) in [7, 11) is -4.93. The molecule has 0 bridgehead atoms. The molecular weight excluding hydrogens is 235 g/mol. The number of aliphatic hydroxyl groups is 4. The smallest absolute Gasteiger partial charge is 0.391 e. The highest BCUT2D eigenvalue weighted by atomic mass is 31.2. The fourth-order valence-corrected chi connectivity index (χ4v) is 1.54. The molecule has 0 aliphatic carbocycles. The van der Waals surface area contributed by atoms with Crippen LogP contribution in [0, 0.1) is 0 Å². The van der Waals surface area contributed by atoms with Gasteiger partial charge < -0.3 is 34.9 Å². The van der Waals surface area contributed by atoms with Crippen LogP contribution >= 0.6 is 7.82 Å². The topological polar surface area (TPSA) is 157 Å². The van der Waals surface area contributed by atoms with Crippen molar-refractivity contribution in [3.05, 3.63) is 0 Å². The zero-order valence-corrected chi connectivity index (χ0v) is 8.19. The molecule has 1 saturated heterocycles. The number of phosphoric ester groups is 1. The van der Waals surface area contributed by atoms with Gasteiger partial charge >= 0.3 is 7.82 Å². The molecule has 9 nitrogen and oxygen atoms in total. The first kappa shape index (κ1) is 13.0. The lowest BCUT2D eigenvalue weighted by atomic mass is 10.1. The largest absolute Gasteiger partial charge is 0.472 e. The molecule has 0 aromatic rings. The summed E-state index contributed by atoms with van der Waals surface area (Å²) in [5, 5.41) is 36.3. The van der Waals surface area contributed by atoms with Crippen LogP contribution in [-0.4, -0.2) is 61.1 Å². The molecular formula is C5H11O9P. The second-order valence-corrected chi connectivity index (χ2v) is 4.21. The van der Waals surface area contributed by atoms with Crippen LogP contribution in [0.1, 0.15) is 0 Å². The molecule has 0 aromatic carbocycles. The molecule has 1 rings (SSSR count). The van der Waals surface area contributed by atoms with Crippen molar-refractivity contribution in [1.29, 1.82) is 0 Å². The summed E-state index contributed by atoms with van der Waals surface area (Å²) in [5.41, 5.74) is 0. The molecule has 10 heteroatoms. The average molecular weight is 246 g/mol. The first-order chi connectivity index (χ1) is 6.69. The van der Waals surface area contributed by atoms with Crippen molar-refractivity contribution in [2.45, 2.75) is 24.3 Å². The lowest BCUT2D eigenvalue weighted by molar-refractivity contribution is -0.268. The van der Waals surface area contributed by atoms with Crippen LogP contribution in [0.5, 0.6) is 0 Å². The number of ether oxygens (including phenoxy) is 1. The van der Waals surface area contributed by atoms with Crippen molar-refractivity contribution >= 4 is 7.82 Å². The molecule has 4 atom stereocenters. The molecule has 0 saturated carbocycles. The van der Waals surface area contributed by atoms with Crippen LogP contribution in [0.15, 0.2) is 0 Å². The van der Waals surface area contributed by atoms with Gasteiger partial charge in [0.2, 0.25) is 12.1 Å². The van der Waals surface area contributed by atoms with Gasteiger partial charge in [0.25, 0.3) is 0 Å². The number of aliphatic hydroxyl groups excluding tert-OH is 3. The minimum absolute atomic E-state index is 1.06. The SMILES string of the molecule is O=P(O)(O)OC1OC(O)(CO)[C@H](O)[C@H]1O. The van der Waals surface area contributed by atoms with Crippen molar-refractivity contribution in [3.8, 4) is 0 Å². The van der Waals surface area contributed by atoms with Crippen LogP contribution < -0.4 is 0 Å². The van der Waals surface area contributed by atoms with E-state index in [1.165, 1.54) is 0 Å². The molecule has 1 aliphatic heterocycles. The molecule has 0 amide bonds. The van der Waals surface area contributed by atoms with E-state index in [0.717, 1.165) is 0 Å². The van der Waals surface area contributed by atoms with Crippen molar-refractivity contribution in [2.24, 2.45) is 0 Å². The van der Waals surface area contributed by atoms with Gasteiger partial charge in [-0.3, -0.25) is 4.52 Å². The van der Waals surface area contributed by atoms with Gasteiger partial charge in [0.1, 0.15) is 12.2 Å². The van der Waals surface area contributed by atoms with E-state index < -0.39 is 38.7 Å². The Kier molecular flexibility index (Phi) is 3.51. The second kappa shape index (κ2) is 4.06. The molecule has 15 heavy (non-hydrogen) atoms. The maximum absolute atomic E-state index is 10.4. The Morgan fingerprint density at radius 2 is 1.93 bits per heavy atom. The molecule has 6 N–H and O–H groups in total. The first-order valence-corrected chi connectivity index (χ1v) is 5.34. The summed E-state index contributed by atoms with van der Waals surface area (Å²) in [6.07, 6.45) is -5.73. The Balaban J connectivity index is 2.76. The van der Waals surface area contributed by atoms with E-state index in [2.05, 4.69) is 9.26 Å². The lowest BCUT2D eigenvalue weighted by Gasteiger charge is -2.22.